The first-order valence-electron chi connectivity index (χ1n) is 6.74. The summed E-state index contributed by atoms with van der Waals surface area (Å²) >= 11 is 0. The van der Waals surface area contributed by atoms with Gasteiger partial charge in [-0.15, -0.1) is 0 Å². The fourth-order valence-corrected chi connectivity index (χ4v) is 2.04. The molecule has 0 radical (unpaired) electrons. The maximum absolute atomic E-state index is 12.1. The van der Waals surface area contributed by atoms with Crippen LogP contribution in [0.3, 0.4) is 0 Å². The second-order valence-corrected chi connectivity index (χ2v) is 4.91. The van der Waals surface area contributed by atoms with E-state index < -0.39 is 5.97 Å². The predicted octanol–water partition coefficient (Wildman–Crippen LogP) is 2.92. The summed E-state index contributed by atoms with van der Waals surface area (Å²) in [5.74, 6) is -1.11. The van der Waals surface area contributed by atoms with Gasteiger partial charge in [0.05, 0.1) is 5.56 Å². The number of carboxylic acids is 1. The third kappa shape index (κ3) is 3.92. The molecule has 1 amide bonds. The number of nitrogens with one attached hydrogen (secondary N) is 1. The van der Waals surface area contributed by atoms with Crippen molar-refractivity contribution in [2.45, 2.75) is 12.8 Å². The van der Waals surface area contributed by atoms with E-state index in [4.69, 9.17) is 5.11 Å². The molecule has 0 aliphatic carbocycles. The number of carbonyl (C=O) groups excluding carboxylic acids is 1. The molecule has 0 aliphatic rings. The molecule has 108 valence electrons. The van der Waals surface area contributed by atoms with E-state index in [9.17, 15) is 9.59 Å². The van der Waals surface area contributed by atoms with Crippen LogP contribution >= 0.6 is 0 Å². The highest BCUT2D eigenvalue weighted by atomic mass is 16.4. The van der Waals surface area contributed by atoms with Crippen molar-refractivity contribution in [2.24, 2.45) is 0 Å². The second-order valence-electron chi connectivity index (χ2n) is 4.91. The molecule has 4 heteroatoms. The molecule has 2 N–H and O–H groups in total. The van der Waals surface area contributed by atoms with E-state index in [1.165, 1.54) is 12.1 Å². The second kappa shape index (κ2) is 6.70. The molecular formula is C17H17NO3. The fraction of sp³-hybridized carbons (Fsp3) is 0.176. The molecule has 2 aromatic carbocycles. The van der Waals surface area contributed by atoms with Crippen LogP contribution in [-0.2, 0) is 0 Å². The number of hydrogen-bond acceptors (Lipinski definition) is 2. The molecule has 2 aromatic rings. The number of carbonyl (C=O) groups is 2. The maximum Gasteiger partial charge on any atom is 0.335 e. The minimum absolute atomic E-state index is 0.110. The van der Waals surface area contributed by atoms with Crippen molar-refractivity contribution in [3.63, 3.8) is 0 Å². The average molecular weight is 283 g/mol. The highest BCUT2D eigenvalue weighted by Crippen LogP contribution is 2.13. The summed E-state index contributed by atoms with van der Waals surface area (Å²) in [7, 11) is 0. The van der Waals surface area contributed by atoms with E-state index in [1.807, 2.05) is 37.3 Å². The standard InChI is InChI=1S/C17H17NO3/c1-12(13-6-3-2-4-7-13)11-18-16(19)14-8-5-9-15(10-14)17(20)21/h2-10,12H,11H2,1H3,(H,18,19)(H,20,21). The van der Waals surface area contributed by atoms with Crippen LogP contribution in [0.4, 0.5) is 0 Å². The molecule has 0 saturated heterocycles. The van der Waals surface area contributed by atoms with Crippen molar-refractivity contribution in [1.29, 1.82) is 0 Å². The van der Waals surface area contributed by atoms with E-state index in [-0.39, 0.29) is 17.4 Å². The number of hydrogen-bond donors (Lipinski definition) is 2. The minimum Gasteiger partial charge on any atom is -0.478 e. The van der Waals surface area contributed by atoms with E-state index in [0.29, 0.717) is 12.1 Å². The molecule has 1 unspecified atom stereocenters. The van der Waals surface area contributed by atoms with Gasteiger partial charge in [-0.1, -0.05) is 43.3 Å². The predicted molar refractivity (Wildman–Crippen MR) is 80.6 cm³/mol. The van der Waals surface area contributed by atoms with Gasteiger partial charge in [-0.05, 0) is 29.7 Å². The Bertz CT molecular complexity index is 637. The van der Waals surface area contributed by atoms with Gasteiger partial charge in [0.25, 0.3) is 5.91 Å². The smallest absolute Gasteiger partial charge is 0.335 e. The van der Waals surface area contributed by atoms with Gasteiger partial charge in [0.1, 0.15) is 0 Å². The van der Waals surface area contributed by atoms with E-state index >= 15 is 0 Å². The highest BCUT2D eigenvalue weighted by molar-refractivity contribution is 5.97. The summed E-state index contributed by atoms with van der Waals surface area (Å²) in [6.07, 6.45) is 0. The largest absolute Gasteiger partial charge is 0.478 e. The lowest BCUT2D eigenvalue weighted by atomic mass is 10.0. The Morgan fingerprint density at radius 1 is 1.05 bits per heavy atom. The molecule has 21 heavy (non-hydrogen) atoms. The van der Waals surface area contributed by atoms with Crippen molar-refractivity contribution < 1.29 is 14.7 Å². The molecule has 0 saturated carbocycles. The fourth-order valence-electron chi connectivity index (χ4n) is 2.04. The third-order valence-electron chi connectivity index (χ3n) is 3.31. The van der Waals surface area contributed by atoms with Gasteiger partial charge in [-0.3, -0.25) is 4.79 Å². The summed E-state index contributed by atoms with van der Waals surface area (Å²) in [5, 5.41) is 11.8. The van der Waals surface area contributed by atoms with Crippen molar-refractivity contribution >= 4 is 11.9 Å². The summed E-state index contributed by atoms with van der Waals surface area (Å²) in [6.45, 7) is 2.53. The Labute approximate surface area is 123 Å². The zero-order valence-corrected chi connectivity index (χ0v) is 11.7. The van der Waals surface area contributed by atoms with Crippen LogP contribution in [0.5, 0.6) is 0 Å². The first kappa shape index (κ1) is 14.8. The SMILES string of the molecule is CC(CNC(=O)c1cccc(C(=O)O)c1)c1ccccc1. The Kier molecular flexibility index (Phi) is 4.72. The number of amides is 1. The Morgan fingerprint density at radius 2 is 1.71 bits per heavy atom. The topological polar surface area (TPSA) is 66.4 Å². The molecule has 0 fully saturated rings. The van der Waals surface area contributed by atoms with E-state index in [2.05, 4.69) is 5.32 Å². The maximum atomic E-state index is 12.1. The van der Waals surface area contributed by atoms with Gasteiger partial charge in [0, 0.05) is 12.1 Å². The van der Waals surface area contributed by atoms with Gasteiger partial charge >= 0.3 is 5.97 Å². The number of aromatic carboxylic acids is 1. The quantitative estimate of drug-likeness (QED) is 0.886. The Balaban J connectivity index is 1.99. The van der Waals surface area contributed by atoms with Crippen molar-refractivity contribution in [2.75, 3.05) is 6.54 Å². The zero-order valence-electron chi connectivity index (χ0n) is 11.7. The molecule has 0 spiro atoms. The summed E-state index contributed by atoms with van der Waals surface area (Å²) in [4.78, 5) is 22.9. The van der Waals surface area contributed by atoms with E-state index in [1.54, 1.807) is 12.1 Å². The van der Waals surface area contributed by atoms with Gasteiger partial charge in [0.15, 0.2) is 0 Å². The van der Waals surface area contributed by atoms with Gasteiger partial charge in [0.2, 0.25) is 0 Å². The summed E-state index contributed by atoms with van der Waals surface area (Å²) < 4.78 is 0. The normalized spacial score (nSPS) is 11.7. The van der Waals surface area contributed by atoms with Crippen LogP contribution in [0.1, 0.15) is 39.1 Å². The molecule has 2 rings (SSSR count). The lowest BCUT2D eigenvalue weighted by Crippen LogP contribution is -2.27. The van der Waals surface area contributed by atoms with Gasteiger partial charge in [-0.2, -0.15) is 0 Å². The molecule has 0 aromatic heterocycles. The molecule has 0 aliphatic heterocycles. The van der Waals surface area contributed by atoms with Gasteiger partial charge in [-0.25, -0.2) is 4.79 Å². The van der Waals surface area contributed by atoms with Crippen LogP contribution in [0.25, 0.3) is 0 Å². The van der Waals surface area contributed by atoms with Gasteiger partial charge < -0.3 is 10.4 Å². The van der Waals surface area contributed by atoms with Crippen LogP contribution in [0.2, 0.25) is 0 Å². The first-order valence-corrected chi connectivity index (χ1v) is 6.74. The Hall–Kier alpha value is -2.62. The van der Waals surface area contributed by atoms with Crippen LogP contribution in [0.15, 0.2) is 54.6 Å². The van der Waals surface area contributed by atoms with Crippen molar-refractivity contribution in [1.82, 2.24) is 5.32 Å². The lowest BCUT2D eigenvalue weighted by Gasteiger charge is -2.13. The van der Waals surface area contributed by atoms with Crippen LogP contribution in [-0.4, -0.2) is 23.5 Å². The zero-order chi connectivity index (χ0) is 15.2. The van der Waals surface area contributed by atoms with Crippen molar-refractivity contribution in [3.05, 3.63) is 71.3 Å². The number of carboxylic acid groups (broad SMARTS) is 1. The molecule has 1 atom stereocenters. The monoisotopic (exact) mass is 283 g/mol. The number of benzene rings is 2. The first-order chi connectivity index (χ1) is 10.1. The molecule has 4 nitrogen and oxygen atoms in total. The van der Waals surface area contributed by atoms with Crippen LogP contribution in [0, 0.1) is 0 Å². The average Bonchev–Trinajstić information content (AvgIpc) is 2.53. The lowest BCUT2D eigenvalue weighted by molar-refractivity contribution is 0.0697. The Morgan fingerprint density at radius 3 is 2.38 bits per heavy atom. The van der Waals surface area contributed by atoms with Crippen molar-refractivity contribution in [3.8, 4) is 0 Å². The number of rotatable bonds is 5. The molecule has 0 heterocycles. The third-order valence-corrected chi connectivity index (χ3v) is 3.31. The molecule has 0 bridgehead atoms. The van der Waals surface area contributed by atoms with Crippen LogP contribution < -0.4 is 5.32 Å². The summed E-state index contributed by atoms with van der Waals surface area (Å²) in [5.41, 5.74) is 1.62. The summed E-state index contributed by atoms with van der Waals surface area (Å²) in [6, 6.07) is 15.9. The highest BCUT2D eigenvalue weighted by Gasteiger charge is 2.11. The van der Waals surface area contributed by atoms with E-state index in [0.717, 1.165) is 5.56 Å². The molecular weight excluding hydrogens is 266 g/mol. The minimum atomic E-state index is -1.04.